The molecule has 1 aliphatic rings. The molecule has 0 saturated heterocycles. The maximum atomic E-state index is 5.76. The molecule has 0 amide bonds. The highest BCUT2D eigenvalue weighted by Crippen LogP contribution is 2.48. The van der Waals surface area contributed by atoms with E-state index in [9.17, 15) is 0 Å². The van der Waals surface area contributed by atoms with Crippen molar-refractivity contribution in [1.82, 2.24) is 0 Å². The number of ether oxygens (including phenoxy) is 2. The van der Waals surface area contributed by atoms with Crippen LogP contribution in [0, 0.1) is 12.8 Å². The second kappa shape index (κ2) is 5.61. The van der Waals surface area contributed by atoms with Crippen molar-refractivity contribution in [2.75, 3.05) is 20.8 Å². The lowest BCUT2D eigenvalue weighted by Crippen LogP contribution is -2.12. The van der Waals surface area contributed by atoms with Gasteiger partial charge in [-0.05, 0) is 56.2 Å². The zero-order chi connectivity index (χ0) is 13.1. The summed E-state index contributed by atoms with van der Waals surface area (Å²) in [6.45, 7) is 2.86. The van der Waals surface area contributed by atoms with Gasteiger partial charge in [-0.25, -0.2) is 0 Å². The second-order valence-corrected chi connectivity index (χ2v) is 5.08. The molecule has 2 N–H and O–H groups in total. The molecule has 0 bridgehead atoms. The molecule has 18 heavy (non-hydrogen) atoms. The third kappa shape index (κ3) is 2.61. The third-order valence-electron chi connectivity index (χ3n) is 3.82. The van der Waals surface area contributed by atoms with Crippen molar-refractivity contribution in [1.29, 1.82) is 0 Å². The number of rotatable bonds is 6. The van der Waals surface area contributed by atoms with E-state index in [1.165, 1.54) is 24.0 Å². The Morgan fingerprint density at radius 3 is 2.50 bits per heavy atom. The van der Waals surface area contributed by atoms with Crippen LogP contribution < -0.4 is 15.2 Å². The minimum Gasteiger partial charge on any atom is -0.497 e. The van der Waals surface area contributed by atoms with E-state index in [4.69, 9.17) is 15.2 Å². The summed E-state index contributed by atoms with van der Waals surface area (Å²) in [5, 5.41) is 0. The molecule has 1 unspecified atom stereocenters. The summed E-state index contributed by atoms with van der Waals surface area (Å²) < 4.78 is 10.9. The van der Waals surface area contributed by atoms with Crippen LogP contribution >= 0.6 is 0 Å². The van der Waals surface area contributed by atoms with Gasteiger partial charge in [-0.1, -0.05) is 0 Å². The summed E-state index contributed by atoms with van der Waals surface area (Å²) >= 11 is 0. The van der Waals surface area contributed by atoms with Gasteiger partial charge in [-0.3, -0.25) is 0 Å². The normalized spacial score (nSPS) is 16.4. The highest BCUT2D eigenvalue weighted by Gasteiger charge is 2.34. The summed E-state index contributed by atoms with van der Waals surface area (Å²) in [5.41, 5.74) is 8.34. The van der Waals surface area contributed by atoms with E-state index in [0.717, 1.165) is 30.4 Å². The van der Waals surface area contributed by atoms with E-state index in [1.54, 1.807) is 14.2 Å². The van der Waals surface area contributed by atoms with Crippen molar-refractivity contribution in [3.05, 3.63) is 23.3 Å². The van der Waals surface area contributed by atoms with Gasteiger partial charge in [-0.15, -0.1) is 0 Å². The van der Waals surface area contributed by atoms with E-state index in [-0.39, 0.29) is 0 Å². The van der Waals surface area contributed by atoms with Crippen LogP contribution in [-0.2, 0) is 0 Å². The molecule has 0 aromatic heterocycles. The molecular formula is C15H23NO2. The van der Waals surface area contributed by atoms with Crippen molar-refractivity contribution in [2.24, 2.45) is 11.7 Å². The van der Waals surface area contributed by atoms with Crippen LogP contribution in [0.25, 0.3) is 0 Å². The van der Waals surface area contributed by atoms with Crippen molar-refractivity contribution in [3.8, 4) is 11.5 Å². The Morgan fingerprint density at radius 2 is 2.00 bits per heavy atom. The standard InChI is InChI=1S/C15H23NO2/c1-10-8-12(17-2)9-14(18-3)15(10)13(6-7-16)11-4-5-11/h8-9,11,13H,4-7,16H2,1-3H3. The van der Waals surface area contributed by atoms with Crippen molar-refractivity contribution >= 4 is 0 Å². The zero-order valence-corrected chi connectivity index (χ0v) is 11.5. The van der Waals surface area contributed by atoms with Crippen LogP contribution in [0.2, 0.25) is 0 Å². The number of hydrogen-bond acceptors (Lipinski definition) is 3. The molecule has 0 aliphatic heterocycles. The molecule has 1 aliphatic carbocycles. The Bertz CT molecular complexity index is 413. The lowest BCUT2D eigenvalue weighted by atomic mass is 9.87. The van der Waals surface area contributed by atoms with E-state index < -0.39 is 0 Å². The molecule has 1 atom stereocenters. The van der Waals surface area contributed by atoms with Gasteiger partial charge in [0.25, 0.3) is 0 Å². The van der Waals surface area contributed by atoms with Crippen LogP contribution in [-0.4, -0.2) is 20.8 Å². The lowest BCUT2D eigenvalue weighted by molar-refractivity contribution is 0.384. The van der Waals surface area contributed by atoms with Crippen LogP contribution in [0.4, 0.5) is 0 Å². The summed E-state index contributed by atoms with van der Waals surface area (Å²) in [4.78, 5) is 0. The van der Waals surface area contributed by atoms with Gasteiger partial charge < -0.3 is 15.2 Å². The summed E-state index contributed by atoms with van der Waals surface area (Å²) in [6.07, 6.45) is 3.67. The first-order valence-corrected chi connectivity index (χ1v) is 6.63. The number of methoxy groups -OCH3 is 2. The topological polar surface area (TPSA) is 44.5 Å². The average molecular weight is 249 g/mol. The largest absolute Gasteiger partial charge is 0.497 e. The Hall–Kier alpha value is -1.22. The Morgan fingerprint density at radius 1 is 1.28 bits per heavy atom. The smallest absolute Gasteiger partial charge is 0.126 e. The molecule has 0 radical (unpaired) electrons. The number of nitrogens with two attached hydrogens (primary N) is 1. The first-order valence-electron chi connectivity index (χ1n) is 6.63. The van der Waals surface area contributed by atoms with Gasteiger partial charge in [0.1, 0.15) is 11.5 Å². The Labute approximate surface area is 109 Å². The number of benzene rings is 1. The molecule has 3 heteroatoms. The molecule has 1 saturated carbocycles. The van der Waals surface area contributed by atoms with E-state index in [2.05, 4.69) is 13.0 Å². The molecule has 0 spiro atoms. The summed E-state index contributed by atoms with van der Waals surface area (Å²) in [6, 6.07) is 4.07. The van der Waals surface area contributed by atoms with E-state index in [1.807, 2.05) is 6.07 Å². The number of hydrogen-bond donors (Lipinski definition) is 1. The molecule has 3 nitrogen and oxygen atoms in total. The highest BCUT2D eigenvalue weighted by molar-refractivity contribution is 5.48. The van der Waals surface area contributed by atoms with Gasteiger partial charge in [0.05, 0.1) is 14.2 Å². The van der Waals surface area contributed by atoms with Gasteiger partial charge in [-0.2, -0.15) is 0 Å². The molecule has 2 rings (SSSR count). The Kier molecular flexibility index (Phi) is 4.12. The SMILES string of the molecule is COc1cc(C)c(C(CCN)C2CC2)c(OC)c1. The van der Waals surface area contributed by atoms with E-state index >= 15 is 0 Å². The van der Waals surface area contributed by atoms with Gasteiger partial charge in [0, 0.05) is 11.6 Å². The van der Waals surface area contributed by atoms with Gasteiger partial charge in [0.2, 0.25) is 0 Å². The lowest BCUT2D eigenvalue weighted by Gasteiger charge is -2.22. The minimum atomic E-state index is 0.538. The van der Waals surface area contributed by atoms with Gasteiger partial charge >= 0.3 is 0 Å². The molecular weight excluding hydrogens is 226 g/mol. The van der Waals surface area contributed by atoms with Crippen LogP contribution in [0.5, 0.6) is 11.5 Å². The average Bonchev–Trinajstić information content (AvgIpc) is 3.19. The van der Waals surface area contributed by atoms with Crippen LogP contribution in [0.3, 0.4) is 0 Å². The van der Waals surface area contributed by atoms with E-state index in [0.29, 0.717) is 5.92 Å². The summed E-state index contributed by atoms with van der Waals surface area (Å²) in [5.74, 6) is 3.12. The first-order chi connectivity index (χ1) is 8.71. The molecule has 1 fully saturated rings. The molecule has 0 heterocycles. The maximum absolute atomic E-state index is 5.76. The predicted octanol–water partition coefficient (Wildman–Crippen LogP) is 2.85. The highest BCUT2D eigenvalue weighted by atomic mass is 16.5. The third-order valence-corrected chi connectivity index (χ3v) is 3.82. The molecule has 100 valence electrons. The maximum Gasteiger partial charge on any atom is 0.126 e. The fraction of sp³-hybridized carbons (Fsp3) is 0.600. The second-order valence-electron chi connectivity index (χ2n) is 5.08. The van der Waals surface area contributed by atoms with Crippen molar-refractivity contribution in [3.63, 3.8) is 0 Å². The molecule has 1 aromatic rings. The fourth-order valence-corrected chi connectivity index (χ4v) is 2.79. The van der Waals surface area contributed by atoms with Crippen molar-refractivity contribution in [2.45, 2.75) is 32.1 Å². The van der Waals surface area contributed by atoms with Crippen LogP contribution in [0.1, 0.15) is 36.3 Å². The van der Waals surface area contributed by atoms with Crippen molar-refractivity contribution < 1.29 is 9.47 Å². The first kappa shape index (κ1) is 13.2. The fourth-order valence-electron chi connectivity index (χ4n) is 2.79. The monoisotopic (exact) mass is 249 g/mol. The minimum absolute atomic E-state index is 0.538. The Balaban J connectivity index is 2.40. The molecule has 1 aromatic carbocycles. The van der Waals surface area contributed by atoms with Crippen LogP contribution in [0.15, 0.2) is 12.1 Å². The quantitative estimate of drug-likeness (QED) is 0.843. The predicted molar refractivity (Wildman–Crippen MR) is 73.4 cm³/mol. The van der Waals surface area contributed by atoms with Gasteiger partial charge in [0.15, 0.2) is 0 Å². The summed E-state index contributed by atoms with van der Waals surface area (Å²) in [7, 11) is 3.41. The zero-order valence-electron chi connectivity index (χ0n) is 11.5. The number of aryl methyl sites for hydroxylation is 1.